The average molecular weight is 145 g/mol. The van der Waals surface area contributed by atoms with Crippen molar-refractivity contribution in [3.63, 3.8) is 0 Å². The van der Waals surface area contributed by atoms with Gasteiger partial charge in [0.15, 0.2) is 0 Å². The molecule has 0 atom stereocenters. The molecule has 0 unspecified atom stereocenters. The fourth-order valence-corrected chi connectivity index (χ4v) is 0.308. The van der Waals surface area contributed by atoms with Crippen LogP contribution in [0.5, 0.6) is 0 Å². The zero-order valence-corrected chi connectivity index (χ0v) is 5.89. The van der Waals surface area contributed by atoms with Crippen molar-refractivity contribution in [2.24, 2.45) is 0 Å². The average Bonchev–Trinajstić information content (AvgIpc) is 1.61. The van der Waals surface area contributed by atoms with Crippen molar-refractivity contribution in [3.05, 3.63) is 0 Å². The van der Waals surface area contributed by atoms with Gasteiger partial charge in [-0.2, -0.15) is 0 Å². The summed E-state index contributed by atoms with van der Waals surface area (Å²) in [5.74, 6) is 0.605. The van der Waals surface area contributed by atoms with Crippen LogP contribution >= 0.6 is 24.0 Å². The van der Waals surface area contributed by atoms with Gasteiger partial charge in [-0.1, -0.05) is 0 Å². The topological polar surface area (TPSA) is 9.23 Å². The second kappa shape index (κ2) is 9.74. The molecule has 0 spiro atoms. The van der Waals surface area contributed by atoms with Crippen LogP contribution in [-0.4, -0.2) is 19.1 Å². The van der Waals surface area contributed by atoms with Crippen LogP contribution in [0.15, 0.2) is 0 Å². The molecule has 0 aromatic rings. The molecular formula is C4H10Cl2O. The van der Waals surface area contributed by atoms with E-state index in [4.69, 9.17) is 16.3 Å². The maximum Gasteiger partial charge on any atom is 0.0601 e. The largest absolute Gasteiger partial charge is 0.381 e. The molecule has 0 saturated carbocycles. The Bertz CT molecular complexity index is 21.7. The predicted molar refractivity (Wildman–Crippen MR) is 34.5 cm³/mol. The minimum Gasteiger partial charge on any atom is -0.381 e. The first kappa shape index (κ1) is 10.5. The summed E-state index contributed by atoms with van der Waals surface area (Å²) in [6, 6.07) is 0. The fraction of sp³-hybridized carbons (Fsp3) is 1.00. The summed E-state index contributed by atoms with van der Waals surface area (Å²) in [6.45, 7) is 3.40. The smallest absolute Gasteiger partial charge is 0.0601 e. The first-order chi connectivity index (χ1) is 2.91. The Labute approximate surface area is 55.4 Å². The molecule has 0 aromatic carbocycles. The number of rotatable bonds is 3. The van der Waals surface area contributed by atoms with Crippen molar-refractivity contribution in [3.8, 4) is 0 Å². The minimum absolute atomic E-state index is 0. The van der Waals surface area contributed by atoms with Gasteiger partial charge in [-0.05, 0) is 6.92 Å². The normalized spacial score (nSPS) is 7.71. The van der Waals surface area contributed by atoms with Gasteiger partial charge in [-0.25, -0.2) is 0 Å². The third kappa shape index (κ3) is 10.8. The van der Waals surface area contributed by atoms with Crippen LogP contribution in [0.25, 0.3) is 0 Å². The lowest BCUT2D eigenvalue weighted by molar-refractivity contribution is 0.164. The number of halogens is 2. The van der Waals surface area contributed by atoms with Crippen LogP contribution in [0.4, 0.5) is 0 Å². The molecule has 0 fully saturated rings. The van der Waals surface area contributed by atoms with Crippen LogP contribution in [0.2, 0.25) is 0 Å². The van der Waals surface area contributed by atoms with E-state index in [0.29, 0.717) is 12.5 Å². The van der Waals surface area contributed by atoms with Crippen molar-refractivity contribution in [1.82, 2.24) is 0 Å². The number of hydrogen-bond acceptors (Lipinski definition) is 1. The van der Waals surface area contributed by atoms with E-state index in [-0.39, 0.29) is 12.4 Å². The molecule has 7 heavy (non-hydrogen) atoms. The Balaban J connectivity index is 0. The Hall–Kier alpha value is 0.540. The molecule has 0 aromatic heterocycles. The highest BCUT2D eigenvalue weighted by molar-refractivity contribution is 6.17. The van der Waals surface area contributed by atoms with Gasteiger partial charge in [0.25, 0.3) is 0 Å². The van der Waals surface area contributed by atoms with E-state index in [0.717, 1.165) is 6.61 Å². The van der Waals surface area contributed by atoms with Gasteiger partial charge < -0.3 is 4.74 Å². The first-order valence-electron chi connectivity index (χ1n) is 2.05. The Morgan fingerprint density at radius 3 is 2.29 bits per heavy atom. The SMILES string of the molecule is CCOCCCl.Cl. The van der Waals surface area contributed by atoms with Crippen molar-refractivity contribution in [2.75, 3.05) is 19.1 Å². The van der Waals surface area contributed by atoms with Gasteiger partial charge in [0.2, 0.25) is 0 Å². The molecular weight excluding hydrogens is 135 g/mol. The molecule has 0 amide bonds. The van der Waals surface area contributed by atoms with Crippen molar-refractivity contribution >= 4 is 24.0 Å². The molecule has 1 nitrogen and oxygen atoms in total. The molecule has 0 radical (unpaired) electrons. The Kier molecular flexibility index (Phi) is 14.6. The molecule has 0 N–H and O–H groups in total. The summed E-state index contributed by atoms with van der Waals surface area (Å²) < 4.78 is 4.85. The van der Waals surface area contributed by atoms with Crippen molar-refractivity contribution in [1.29, 1.82) is 0 Å². The standard InChI is InChI=1S/C4H9ClO.ClH/c1-2-6-4-3-5;/h2-4H2,1H3;1H. The van der Waals surface area contributed by atoms with E-state index < -0.39 is 0 Å². The van der Waals surface area contributed by atoms with Crippen LogP contribution in [0.3, 0.4) is 0 Å². The van der Waals surface area contributed by atoms with Gasteiger partial charge in [-0.15, -0.1) is 24.0 Å². The zero-order valence-electron chi connectivity index (χ0n) is 4.32. The molecule has 0 bridgehead atoms. The lowest BCUT2D eigenvalue weighted by Crippen LogP contribution is -1.92. The van der Waals surface area contributed by atoms with Gasteiger partial charge in [-0.3, -0.25) is 0 Å². The Morgan fingerprint density at radius 2 is 2.14 bits per heavy atom. The second-order valence-electron chi connectivity index (χ2n) is 0.886. The van der Waals surface area contributed by atoms with Crippen LogP contribution in [0, 0.1) is 0 Å². The Morgan fingerprint density at radius 1 is 1.57 bits per heavy atom. The highest BCUT2D eigenvalue weighted by Gasteiger charge is 1.74. The monoisotopic (exact) mass is 144 g/mol. The predicted octanol–water partition coefficient (Wildman–Crippen LogP) is 1.68. The summed E-state index contributed by atoms with van der Waals surface area (Å²) in [5, 5.41) is 0. The van der Waals surface area contributed by atoms with E-state index in [9.17, 15) is 0 Å². The maximum atomic E-state index is 5.26. The van der Waals surface area contributed by atoms with E-state index in [2.05, 4.69) is 0 Å². The van der Waals surface area contributed by atoms with Crippen LogP contribution < -0.4 is 0 Å². The second-order valence-corrected chi connectivity index (χ2v) is 1.26. The summed E-state index contributed by atoms with van der Waals surface area (Å²) >= 11 is 5.26. The lowest BCUT2D eigenvalue weighted by Gasteiger charge is -1.90. The van der Waals surface area contributed by atoms with Crippen molar-refractivity contribution in [2.45, 2.75) is 6.92 Å². The molecule has 0 aliphatic carbocycles. The zero-order chi connectivity index (χ0) is 4.83. The van der Waals surface area contributed by atoms with E-state index >= 15 is 0 Å². The van der Waals surface area contributed by atoms with Gasteiger partial charge >= 0.3 is 0 Å². The highest BCUT2D eigenvalue weighted by Crippen LogP contribution is 1.75. The summed E-state index contributed by atoms with van der Waals surface area (Å²) in [6.07, 6.45) is 0. The molecule has 0 heterocycles. The quantitative estimate of drug-likeness (QED) is 0.433. The van der Waals surface area contributed by atoms with E-state index in [1.54, 1.807) is 0 Å². The minimum atomic E-state index is 0. The van der Waals surface area contributed by atoms with E-state index in [1.165, 1.54) is 0 Å². The number of hydrogen-bond donors (Lipinski definition) is 0. The molecule has 0 aliphatic rings. The first-order valence-corrected chi connectivity index (χ1v) is 2.59. The highest BCUT2D eigenvalue weighted by atomic mass is 35.5. The van der Waals surface area contributed by atoms with Gasteiger partial charge in [0, 0.05) is 12.5 Å². The molecule has 0 saturated heterocycles. The van der Waals surface area contributed by atoms with Crippen LogP contribution in [0.1, 0.15) is 6.92 Å². The van der Waals surface area contributed by atoms with Crippen LogP contribution in [-0.2, 0) is 4.74 Å². The summed E-state index contributed by atoms with van der Waals surface area (Å²) in [7, 11) is 0. The van der Waals surface area contributed by atoms with Gasteiger partial charge in [0.05, 0.1) is 6.61 Å². The third-order valence-corrected chi connectivity index (χ3v) is 0.580. The molecule has 0 rings (SSSR count). The summed E-state index contributed by atoms with van der Waals surface area (Å²) in [4.78, 5) is 0. The van der Waals surface area contributed by atoms with E-state index in [1.807, 2.05) is 6.92 Å². The molecule has 3 heteroatoms. The number of ether oxygens (including phenoxy) is 1. The third-order valence-electron chi connectivity index (χ3n) is 0.426. The molecule has 46 valence electrons. The fourth-order valence-electron chi connectivity index (χ4n) is 0.199. The van der Waals surface area contributed by atoms with Gasteiger partial charge in [0.1, 0.15) is 0 Å². The summed E-state index contributed by atoms with van der Waals surface area (Å²) in [5.41, 5.74) is 0. The van der Waals surface area contributed by atoms with Crippen molar-refractivity contribution < 1.29 is 4.74 Å². The maximum absolute atomic E-state index is 5.26. The molecule has 0 aliphatic heterocycles. The number of alkyl halides is 1. The lowest BCUT2D eigenvalue weighted by atomic mass is 10.8.